The van der Waals surface area contributed by atoms with E-state index in [1.54, 1.807) is 0 Å². The number of amides is 1. The number of rotatable bonds is 6. The molecule has 1 atom stereocenters. The third kappa shape index (κ3) is 4.13. The second-order valence-electron chi connectivity index (χ2n) is 3.85. The van der Waals surface area contributed by atoms with Crippen LogP contribution in [0.15, 0.2) is 18.2 Å². The van der Waals surface area contributed by atoms with Crippen LogP contribution in [0.5, 0.6) is 0 Å². The normalized spacial score (nSPS) is 12.4. The van der Waals surface area contributed by atoms with Crippen LogP contribution in [0.25, 0.3) is 0 Å². The molecule has 1 rings (SSSR count). The molecule has 0 saturated heterocycles. The van der Waals surface area contributed by atoms with Crippen molar-refractivity contribution >= 4 is 5.91 Å². The van der Waals surface area contributed by atoms with E-state index in [0.717, 1.165) is 0 Å². The van der Waals surface area contributed by atoms with Gasteiger partial charge in [0.15, 0.2) is 0 Å². The second-order valence-corrected chi connectivity index (χ2v) is 3.85. The molecule has 4 nitrogen and oxygen atoms in total. The predicted octanol–water partition coefficient (Wildman–Crippen LogP) is 1.05. The van der Waals surface area contributed by atoms with Crippen LogP contribution in [0.1, 0.15) is 22.8 Å². The van der Waals surface area contributed by atoms with Crippen molar-refractivity contribution in [1.82, 2.24) is 5.32 Å². The molecule has 0 spiro atoms. The first-order valence-corrected chi connectivity index (χ1v) is 5.39. The van der Waals surface area contributed by atoms with Crippen molar-refractivity contribution in [2.45, 2.75) is 19.6 Å². The maximum Gasteiger partial charge on any atom is 0.248 e. The summed E-state index contributed by atoms with van der Waals surface area (Å²) in [5.41, 5.74) is 5.75. The number of primary amides is 1. The standard InChI is InChI=1S/C12H17FN2O2/c1-8(6-15-2)17-7-10-5-9(12(14)16)3-4-11(10)13/h3-5,8,15H,6-7H2,1-2H3,(H2,14,16). The topological polar surface area (TPSA) is 64.3 Å². The fraction of sp³-hybridized carbons (Fsp3) is 0.417. The van der Waals surface area contributed by atoms with Crippen molar-refractivity contribution in [2.75, 3.05) is 13.6 Å². The number of carbonyl (C=O) groups excluding carboxylic acids is 1. The molecule has 17 heavy (non-hydrogen) atoms. The zero-order chi connectivity index (χ0) is 12.8. The number of halogens is 1. The number of ether oxygens (including phenoxy) is 1. The Bertz CT molecular complexity index is 396. The molecule has 1 amide bonds. The van der Waals surface area contributed by atoms with Gasteiger partial charge in [-0.3, -0.25) is 4.79 Å². The van der Waals surface area contributed by atoms with Crippen LogP contribution in [0.4, 0.5) is 4.39 Å². The van der Waals surface area contributed by atoms with Crippen LogP contribution in [-0.2, 0) is 11.3 Å². The van der Waals surface area contributed by atoms with Gasteiger partial charge in [-0.1, -0.05) is 0 Å². The molecule has 0 bridgehead atoms. The quantitative estimate of drug-likeness (QED) is 0.781. The molecule has 1 unspecified atom stereocenters. The van der Waals surface area contributed by atoms with Crippen molar-refractivity contribution in [2.24, 2.45) is 5.73 Å². The molecule has 0 aromatic heterocycles. The first-order valence-electron chi connectivity index (χ1n) is 5.39. The van der Waals surface area contributed by atoms with Crippen molar-refractivity contribution in [1.29, 1.82) is 0 Å². The third-order valence-corrected chi connectivity index (χ3v) is 2.35. The lowest BCUT2D eigenvalue weighted by Gasteiger charge is -2.13. The van der Waals surface area contributed by atoms with E-state index < -0.39 is 11.7 Å². The van der Waals surface area contributed by atoms with Crippen LogP contribution in [-0.4, -0.2) is 25.6 Å². The summed E-state index contributed by atoms with van der Waals surface area (Å²) in [7, 11) is 1.81. The lowest BCUT2D eigenvalue weighted by atomic mass is 10.1. The smallest absolute Gasteiger partial charge is 0.248 e. The highest BCUT2D eigenvalue weighted by Gasteiger charge is 2.09. The van der Waals surface area contributed by atoms with E-state index in [1.807, 2.05) is 14.0 Å². The van der Waals surface area contributed by atoms with E-state index >= 15 is 0 Å². The molecular formula is C12H17FN2O2. The lowest BCUT2D eigenvalue weighted by molar-refractivity contribution is 0.0528. The number of benzene rings is 1. The monoisotopic (exact) mass is 240 g/mol. The summed E-state index contributed by atoms with van der Waals surface area (Å²) in [6.45, 7) is 2.68. The molecule has 3 N–H and O–H groups in total. The van der Waals surface area contributed by atoms with E-state index in [-0.39, 0.29) is 18.3 Å². The highest BCUT2D eigenvalue weighted by Crippen LogP contribution is 2.12. The van der Waals surface area contributed by atoms with Crippen LogP contribution in [0.2, 0.25) is 0 Å². The predicted molar refractivity (Wildman–Crippen MR) is 63.1 cm³/mol. The third-order valence-electron chi connectivity index (χ3n) is 2.35. The van der Waals surface area contributed by atoms with Crippen molar-refractivity contribution in [3.63, 3.8) is 0 Å². The van der Waals surface area contributed by atoms with Gasteiger partial charge in [0.2, 0.25) is 5.91 Å². The Morgan fingerprint density at radius 2 is 2.29 bits per heavy atom. The molecule has 0 radical (unpaired) electrons. The first-order chi connectivity index (χ1) is 8.04. The molecular weight excluding hydrogens is 223 g/mol. The molecule has 0 fully saturated rings. The highest BCUT2D eigenvalue weighted by molar-refractivity contribution is 5.92. The summed E-state index contributed by atoms with van der Waals surface area (Å²) in [4.78, 5) is 11.0. The number of likely N-dealkylation sites (N-methyl/N-ethyl adjacent to an activating group) is 1. The number of hydrogen-bond acceptors (Lipinski definition) is 3. The Hall–Kier alpha value is -1.46. The number of nitrogens with one attached hydrogen (secondary N) is 1. The van der Waals surface area contributed by atoms with E-state index in [0.29, 0.717) is 12.1 Å². The van der Waals surface area contributed by atoms with Crippen LogP contribution in [0.3, 0.4) is 0 Å². The number of nitrogens with two attached hydrogens (primary N) is 1. The maximum atomic E-state index is 13.4. The van der Waals surface area contributed by atoms with Gasteiger partial charge in [0.05, 0.1) is 12.7 Å². The van der Waals surface area contributed by atoms with Gasteiger partial charge < -0.3 is 15.8 Å². The van der Waals surface area contributed by atoms with Crippen LogP contribution < -0.4 is 11.1 Å². The zero-order valence-electron chi connectivity index (χ0n) is 10.00. The molecule has 5 heteroatoms. The van der Waals surface area contributed by atoms with Crippen molar-refractivity contribution < 1.29 is 13.9 Å². The Balaban J connectivity index is 2.69. The summed E-state index contributed by atoms with van der Waals surface area (Å²) in [5, 5.41) is 2.96. The van der Waals surface area contributed by atoms with E-state index in [1.165, 1.54) is 18.2 Å². The van der Waals surface area contributed by atoms with Gasteiger partial charge in [-0.05, 0) is 32.2 Å². The average Bonchev–Trinajstić information content (AvgIpc) is 2.28. The Kier molecular flexibility index (Phi) is 5.06. The van der Waals surface area contributed by atoms with Gasteiger partial charge in [0.25, 0.3) is 0 Å². The summed E-state index contributed by atoms with van der Waals surface area (Å²) in [5.74, 6) is -0.971. The van der Waals surface area contributed by atoms with E-state index in [2.05, 4.69) is 5.32 Å². The molecule has 1 aromatic carbocycles. The minimum atomic E-state index is -0.575. The zero-order valence-corrected chi connectivity index (χ0v) is 10.00. The van der Waals surface area contributed by atoms with Gasteiger partial charge in [0.1, 0.15) is 5.82 Å². The van der Waals surface area contributed by atoms with Gasteiger partial charge >= 0.3 is 0 Å². The maximum absolute atomic E-state index is 13.4. The first kappa shape index (κ1) is 13.6. The Morgan fingerprint density at radius 3 is 2.88 bits per heavy atom. The largest absolute Gasteiger partial charge is 0.372 e. The summed E-state index contributed by atoms with van der Waals surface area (Å²) < 4.78 is 18.9. The number of carbonyl (C=O) groups is 1. The van der Waals surface area contributed by atoms with E-state index in [4.69, 9.17) is 10.5 Å². The van der Waals surface area contributed by atoms with Crippen LogP contribution >= 0.6 is 0 Å². The summed E-state index contributed by atoms with van der Waals surface area (Å²) in [6.07, 6.45) is -0.0309. The summed E-state index contributed by atoms with van der Waals surface area (Å²) >= 11 is 0. The minimum Gasteiger partial charge on any atom is -0.372 e. The molecule has 0 saturated carbocycles. The fourth-order valence-electron chi connectivity index (χ4n) is 1.42. The highest BCUT2D eigenvalue weighted by atomic mass is 19.1. The molecule has 0 aliphatic rings. The summed E-state index contributed by atoms with van der Waals surface area (Å²) in [6, 6.07) is 4.00. The molecule has 1 aromatic rings. The SMILES string of the molecule is CNCC(C)OCc1cc(C(N)=O)ccc1F. The fourth-order valence-corrected chi connectivity index (χ4v) is 1.42. The van der Waals surface area contributed by atoms with Gasteiger partial charge in [-0.15, -0.1) is 0 Å². The van der Waals surface area contributed by atoms with Crippen molar-refractivity contribution in [3.8, 4) is 0 Å². The molecule has 0 aliphatic heterocycles. The van der Waals surface area contributed by atoms with Crippen LogP contribution in [0, 0.1) is 5.82 Å². The van der Waals surface area contributed by atoms with E-state index in [9.17, 15) is 9.18 Å². The Morgan fingerprint density at radius 1 is 1.59 bits per heavy atom. The second kappa shape index (κ2) is 6.32. The average molecular weight is 240 g/mol. The van der Waals surface area contributed by atoms with Crippen molar-refractivity contribution in [3.05, 3.63) is 35.1 Å². The number of hydrogen-bond donors (Lipinski definition) is 2. The molecule has 0 aliphatic carbocycles. The van der Waals surface area contributed by atoms with Gasteiger partial charge in [-0.2, -0.15) is 0 Å². The molecule has 0 heterocycles. The molecule has 94 valence electrons. The van der Waals surface area contributed by atoms with Gasteiger partial charge in [-0.25, -0.2) is 4.39 Å². The minimum absolute atomic E-state index is 0.0309. The van der Waals surface area contributed by atoms with Gasteiger partial charge in [0, 0.05) is 17.7 Å². The Labute approximate surface area is 100.0 Å². The lowest BCUT2D eigenvalue weighted by Crippen LogP contribution is -2.23.